The van der Waals surface area contributed by atoms with Gasteiger partial charge in [-0.15, -0.1) is 0 Å². The Morgan fingerprint density at radius 1 is 1.10 bits per heavy atom. The van der Waals surface area contributed by atoms with Crippen molar-refractivity contribution >= 4 is 21.6 Å². The minimum Gasteiger partial charge on any atom is -0.497 e. The maximum atomic E-state index is 12.4. The van der Waals surface area contributed by atoms with E-state index in [1.54, 1.807) is 50.6 Å². The van der Waals surface area contributed by atoms with E-state index in [1.165, 1.54) is 17.0 Å². The first-order valence-electron chi connectivity index (χ1n) is 9.55. The van der Waals surface area contributed by atoms with Crippen LogP contribution in [0.5, 0.6) is 11.5 Å². The molecule has 3 rings (SSSR count). The topological polar surface area (TPSA) is 84.9 Å². The van der Waals surface area contributed by atoms with Crippen LogP contribution in [-0.2, 0) is 14.8 Å². The van der Waals surface area contributed by atoms with Crippen molar-refractivity contribution in [1.29, 1.82) is 0 Å². The summed E-state index contributed by atoms with van der Waals surface area (Å²) in [7, 11) is -0.316. The van der Waals surface area contributed by atoms with Gasteiger partial charge in [0, 0.05) is 24.8 Å². The molecule has 0 spiro atoms. The molecular weight excluding hydrogens is 392 g/mol. The largest absolute Gasteiger partial charge is 0.497 e. The third kappa shape index (κ3) is 5.48. The van der Waals surface area contributed by atoms with Crippen molar-refractivity contribution in [3.8, 4) is 11.5 Å². The average Bonchev–Trinajstić information content (AvgIpc) is 3.24. The van der Waals surface area contributed by atoms with Gasteiger partial charge in [0.25, 0.3) is 5.91 Å². The highest BCUT2D eigenvalue weighted by atomic mass is 32.2. The van der Waals surface area contributed by atoms with E-state index in [0.717, 1.165) is 25.7 Å². The number of methoxy groups -OCH3 is 1. The van der Waals surface area contributed by atoms with Crippen LogP contribution >= 0.6 is 0 Å². The lowest BCUT2D eigenvalue weighted by Crippen LogP contribution is -2.32. The molecule has 1 N–H and O–H groups in total. The van der Waals surface area contributed by atoms with Crippen molar-refractivity contribution in [2.24, 2.45) is 0 Å². The number of nitrogens with one attached hydrogen (secondary N) is 1. The molecule has 2 aromatic carbocycles. The van der Waals surface area contributed by atoms with Gasteiger partial charge in [0.15, 0.2) is 6.61 Å². The molecule has 7 nitrogen and oxygen atoms in total. The quantitative estimate of drug-likeness (QED) is 0.712. The summed E-state index contributed by atoms with van der Waals surface area (Å²) in [5.74, 6) is 0.848. The summed E-state index contributed by atoms with van der Waals surface area (Å²) in [6.45, 7) is -0.167. The van der Waals surface area contributed by atoms with Crippen LogP contribution in [0.2, 0.25) is 0 Å². The summed E-state index contributed by atoms with van der Waals surface area (Å²) in [4.78, 5) is 14.1. The van der Waals surface area contributed by atoms with Crippen molar-refractivity contribution in [3.05, 3.63) is 48.5 Å². The fourth-order valence-corrected chi connectivity index (χ4v) is 4.56. The fourth-order valence-electron chi connectivity index (χ4n) is 3.25. The number of sulfonamides is 1. The Balaban J connectivity index is 1.57. The number of hydrogen-bond acceptors (Lipinski definition) is 5. The molecule has 0 heterocycles. The molecule has 1 aliphatic carbocycles. The molecule has 0 atom stereocenters. The molecule has 29 heavy (non-hydrogen) atoms. The van der Waals surface area contributed by atoms with Crippen molar-refractivity contribution in [1.82, 2.24) is 4.72 Å². The minimum absolute atomic E-state index is 0.0145. The van der Waals surface area contributed by atoms with Gasteiger partial charge in [-0.3, -0.25) is 4.79 Å². The Hall–Kier alpha value is -2.58. The second-order valence-electron chi connectivity index (χ2n) is 7.02. The minimum atomic E-state index is -3.54. The highest BCUT2D eigenvalue weighted by molar-refractivity contribution is 7.89. The van der Waals surface area contributed by atoms with Crippen LogP contribution in [0.1, 0.15) is 25.7 Å². The standard InChI is InChI=1S/C21H26N2O5S/c1-23(17-8-5-9-19(14-17)27-2)21(24)15-28-18-10-12-20(13-11-18)29(25,26)22-16-6-3-4-7-16/h5,8-14,16,22H,3-4,6-7,15H2,1-2H3. The third-order valence-corrected chi connectivity index (χ3v) is 6.52. The molecule has 0 radical (unpaired) electrons. The molecule has 8 heteroatoms. The van der Waals surface area contributed by atoms with Gasteiger partial charge in [-0.25, -0.2) is 13.1 Å². The molecule has 0 unspecified atom stereocenters. The van der Waals surface area contributed by atoms with Crippen LogP contribution < -0.4 is 19.1 Å². The van der Waals surface area contributed by atoms with E-state index in [-0.39, 0.29) is 23.5 Å². The Labute approximate surface area is 171 Å². The lowest BCUT2D eigenvalue weighted by atomic mass is 10.3. The molecule has 0 aromatic heterocycles. The van der Waals surface area contributed by atoms with Crippen molar-refractivity contribution < 1.29 is 22.7 Å². The summed E-state index contributed by atoms with van der Waals surface area (Å²) in [6.07, 6.45) is 3.86. The first-order chi connectivity index (χ1) is 13.9. The molecular formula is C21H26N2O5S. The van der Waals surface area contributed by atoms with Gasteiger partial charge in [0.2, 0.25) is 10.0 Å². The summed E-state index contributed by atoms with van der Waals surface area (Å²) in [5.41, 5.74) is 0.692. The average molecular weight is 419 g/mol. The zero-order valence-electron chi connectivity index (χ0n) is 16.6. The van der Waals surface area contributed by atoms with E-state index in [9.17, 15) is 13.2 Å². The van der Waals surface area contributed by atoms with Gasteiger partial charge in [-0.2, -0.15) is 0 Å². The molecule has 2 aromatic rings. The van der Waals surface area contributed by atoms with Crippen molar-refractivity contribution in [2.75, 3.05) is 25.7 Å². The Morgan fingerprint density at radius 2 is 1.79 bits per heavy atom. The van der Waals surface area contributed by atoms with Gasteiger partial charge in [-0.1, -0.05) is 18.9 Å². The van der Waals surface area contributed by atoms with Gasteiger partial charge in [0.05, 0.1) is 12.0 Å². The number of nitrogens with zero attached hydrogens (tertiary/aromatic N) is 1. The van der Waals surface area contributed by atoms with Crippen LogP contribution in [0.25, 0.3) is 0 Å². The van der Waals surface area contributed by atoms with Crippen LogP contribution in [-0.4, -0.2) is 41.1 Å². The maximum Gasteiger partial charge on any atom is 0.264 e. The molecule has 1 aliphatic rings. The SMILES string of the molecule is COc1cccc(N(C)C(=O)COc2ccc(S(=O)(=O)NC3CCCC3)cc2)c1. The van der Waals surface area contributed by atoms with Gasteiger partial charge in [-0.05, 0) is 49.2 Å². The highest BCUT2D eigenvalue weighted by Gasteiger charge is 2.22. The highest BCUT2D eigenvalue weighted by Crippen LogP contribution is 2.22. The number of amides is 1. The molecule has 0 saturated heterocycles. The first-order valence-corrected chi connectivity index (χ1v) is 11.0. The zero-order valence-corrected chi connectivity index (χ0v) is 17.4. The van der Waals surface area contributed by atoms with E-state index >= 15 is 0 Å². The predicted molar refractivity (Wildman–Crippen MR) is 111 cm³/mol. The number of carbonyl (C=O) groups is 1. The van der Waals surface area contributed by atoms with E-state index in [1.807, 2.05) is 0 Å². The van der Waals surface area contributed by atoms with E-state index < -0.39 is 10.0 Å². The monoisotopic (exact) mass is 418 g/mol. The molecule has 156 valence electrons. The Morgan fingerprint density at radius 3 is 2.45 bits per heavy atom. The third-order valence-electron chi connectivity index (χ3n) is 4.99. The molecule has 1 saturated carbocycles. The summed E-state index contributed by atoms with van der Waals surface area (Å²) in [6, 6.07) is 13.3. The molecule has 0 bridgehead atoms. The number of ether oxygens (including phenoxy) is 2. The summed E-state index contributed by atoms with van der Waals surface area (Å²) < 4.78 is 38.3. The second-order valence-corrected chi connectivity index (χ2v) is 8.73. The number of likely N-dealkylation sites (N-methyl/N-ethyl adjacent to an activating group) is 1. The van der Waals surface area contributed by atoms with E-state index in [2.05, 4.69) is 4.72 Å². The fraction of sp³-hybridized carbons (Fsp3) is 0.381. The lowest BCUT2D eigenvalue weighted by molar-refractivity contribution is -0.120. The maximum absolute atomic E-state index is 12.4. The number of rotatable bonds is 8. The molecule has 1 fully saturated rings. The number of carbonyl (C=O) groups excluding carboxylic acids is 1. The van der Waals surface area contributed by atoms with Gasteiger partial charge < -0.3 is 14.4 Å². The van der Waals surface area contributed by atoms with Gasteiger partial charge >= 0.3 is 0 Å². The smallest absolute Gasteiger partial charge is 0.264 e. The number of anilines is 1. The zero-order chi connectivity index (χ0) is 20.9. The number of benzene rings is 2. The number of hydrogen-bond donors (Lipinski definition) is 1. The summed E-state index contributed by atoms with van der Waals surface area (Å²) >= 11 is 0. The van der Waals surface area contributed by atoms with Crippen LogP contribution in [0.3, 0.4) is 0 Å². The predicted octanol–water partition coefficient (Wildman–Crippen LogP) is 2.96. The normalized spacial score (nSPS) is 14.6. The van der Waals surface area contributed by atoms with Crippen LogP contribution in [0, 0.1) is 0 Å². The Kier molecular flexibility index (Phi) is 6.76. The van der Waals surface area contributed by atoms with E-state index in [4.69, 9.17) is 9.47 Å². The van der Waals surface area contributed by atoms with Crippen molar-refractivity contribution in [3.63, 3.8) is 0 Å². The van der Waals surface area contributed by atoms with E-state index in [0.29, 0.717) is 17.2 Å². The summed E-state index contributed by atoms with van der Waals surface area (Å²) in [5, 5.41) is 0. The molecule has 0 aliphatic heterocycles. The van der Waals surface area contributed by atoms with Crippen molar-refractivity contribution in [2.45, 2.75) is 36.6 Å². The second kappa shape index (κ2) is 9.28. The van der Waals surface area contributed by atoms with Crippen LogP contribution in [0.15, 0.2) is 53.4 Å². The molecule has 1 amide bonds. The van der Waals surface area contributed by atoms with Gasteiger partial charge in [0.1, 0.15) is 11.5 Å². The first kappa shape index (κ1) is 21.1. The lowest BCUT2D eigenvalue weighted by Gasteiger charge is -2.18. The Bertz CT molecular complexity index is 938. The van der Waals surface area contributed by atoms with Crippen LogP contribution in [0.4, 0.5) is 5.69 Å².